The third-order valence-corrected chi connectivity index (χ3v) is 5.41. The van der Waals surface area contributed by atoms with Gasteiger partial charge in [-0.3, -0.25) is 0 Å². The third-order valence-electron chi connectivity index (χ3n) is 4.28. The summed E-state index contributed by atoms with van der Waals surface area (Å²) in [5.41, 5.74) is 0.610. The SMILES string of the molecule is CCCN(C)C[C@H]1CCN(C(=O)Nc2ccc(S(C)(=O)=O)cc2)C1. The summed E-state index contributed by atoms with van der Waals surface area (Å²) in [5, 5.41) is 2.84. The van der Waals surface area contributed by atoms with Gasteiger partial charge in [0.2, 0.25) is 0 Å². The first-order valence-corrected chi connectivity index (χ1v) is 10.2. The number of benzene rings is 1. The van der Waals surface area contributed by atoms with Crippen LogP contribution in [0.4, 0.5) is 10.5 Å². The van der Waals surface area contributed by atoms with Gasteiger partial charge >= 0.3 is 6.03 Å². The fraction of sp³-hybridized carbons (Fsp3) is 0.588. The lowest BCUT2D eigenvalue weighted by Gasteiger charge is -2.21. The number of nitrogens with zero attached hydrogens (tertiary/aromatic N) is 2. The zero-order valence-corrected chi connectivity index (χ0v) is 15.5. The molecule has 24 heavy (non-hydrogen) atoms. The van der Waals surface area contributed by atoms with Gasteiger partial charge in [0.1, 0.15) is 0 Å². The summed E-state index contributed by atoms with van der Waals surface area (Å²) in [6, 6.07) is 6.14. The molecule has 0 unspecified atom stereocenters. The van der Waals surface area contributed by atoms with Gasteiger partial charge in [-0.2, -0.15) is 0 Å². The molecule has 1 fully saturated rings. The molecule has 2 rings (SSSR count). The van der Waals surface area contributed by atoms with Crippen LogP contribution in [-0.2, 0) is 9.84 Å². The predicted molar refractivity (Wildman–Crippen MR) is 96.0 cm³/mol. The van der Waals surface area contributed by atoms with E-state index < -0.39 is 9.84 Å². The maximum Gasteiger partial charge on any atom is 0.321 e. The van der Waals surface area contributed by atoms with Crippen molar-refractivity contribution < 1.29 is 13.2 Å². The van der Waals surface area contributed by atoms with Crippen LogP contribution in [0.2, 0.25) is 0 Å². The van der Waals surface area contributed by atoms with Crippen LogP contribution in [-0.4, -0.2) is 63.7 Å². The van der Waals surface area contributed by atoms with Gasteiger partial charge in [-0.05, 0) is 56.6 Å². The molecule has 1 aliphatic rings. The Morgan fingerprint density at radius 1 is 1.33 bits per heavy atom. The highest BCUT2D eigenvalue weighted by Gasteiger charge is 2.26. The van der Waals surface area contributed by atoms with Crippen molar-refractivity contribution in [2.45, 2.75) is 24.7 Å². The molecule has 2 amide bonds. The average Bonchev–Trinajstić information content (AvgIpc) is 2.95. The molecule has 0 saturated carbocycles. The van der Waals surface area contributed by atoms with E-state index in [0.717, 1.165) is 39.0 Å². The Bertz CT molecular complexity index is 658. The second-order valence-corrected chi connectivity index (χ2v) is 8.61. The van der Waals surface area contributed by atoms with E-state index in [4.69, 9.17) is 0 Å². The lowest BCUT2D eigenvalue weighted by molar-refractivity contribution is 0.217. The van der Waals surface area contributed by atoms with Crippen LogP contribution in [0.3, 0.4) is 0 Å². The van der Waals surface area contributed by atoms with Crippen molar-refractivity contribution in [3.05, 3.63) is 24.3 Å². The Kier molecular flexibility index (Phi) is 6.23. The Balaban J connectivity index is 1.87. The highest BCUT2D eigenvalue weighted by molar-refractivity contribution is 7.90. The molecule has 6 nitrogen and oxygen atoms in total. The molecule has 1 aromatic rings. The van der Waals surface area contributed by atoms with Crippen molar-refractivity contribution in [2.75, 3.05) is 44.8 Å². The van der Waals surface area contributed by atoms with Crippen molar-refractivity contribution in [1.82, 2.24) is 9.80 Å². The number of anilines is 1. The second kappa shape index (κ2) is 7.98. The Morgan fingerprint density at radius 3 is 2.58 bits per heavy atom. The van der Waals surface area contributed by atoms with Crippen LogP contribution in [0.5, 0.6) is 0 Å². The second-order valence-electron chi connectivity index (χ2n) is 6.59. The van der Waals surface area contributed by atoms with Crippen LogP contribution in [0.15, 0.2) is 29.2 Å². The van der Waals surface area contributed by atoms with Gasteiger partial charge in [-0.15, -0.1) is 0 Å². The van der Waals surface area contributed by atoms with Crippen LogP contribution in [0.25, 0.3) is 0 Å². The Labute approximate surface area is 144 Å². The predicted octanol–water partition coefficient (Wildman–Crippen LogP) is 2.29. The zero-order valence-electron chi connectivity index (χ0n) is 14.7. The van der Waals surface area contributed by atoms with Gasteiger partial charge in [0, 0.05) is 31.6 Å². The van der Waals surface area contributed by atoms with Crippen LogP contribution >= 0.6 is 0 Å². The Hall–Kier alpha value is -1.60. The molecule has 0 aromatic heterocycles. The van der Waals surface area contributed by atoms with Crippen molar-refractivity contribution in [3.8, 4) is 0 Å². The fourth-order valence-electron chi connectivity index (χ4n) is 3.07. The standard InChI is InChI=1S/C17H27N3O3S/c1-4-10-19(2)12-14-9-11-20(13-14)17(21)18-15-5-7-16(8-6-15)24(3,22)23/h5-8,14H,4,9-13H2,1-3H3,(H,18,21)/t14-/m1/s1. The van der Waals surface area contributed by atoms with Crippen LogP contribution < -0.4 is 5.32 Å². The van der Waals surface area contributed by atoms with Gasteiger partial charge in [0.05, 0.1) is 4.90 Å². The van der Waals surface area contributed by atoms with E-state index in [1.807, 2.05) is 4.90 Å². The first kappa shape index (κ1) is 18.7. The molecule has 1 saturated heterocycles. The van der Waals surface area contributed by atoms with E-state index in [9.17, 15) is 13.2 Å². The van der Waals surface area contributed by atoms with Crippen molar-refractivity contribution in [2.24, 2.45) is 5.92 Å². The van der Waals surface area contributed by atoms with Crippen LogP contribution in [0, 0.1) is 5.92 Å². The van der Waals surface area contributed by atoms with E-state index in [-0.39, 0.29) is 10.9 Å². The lowest BCUT2D eigenvalue weighted by atomic mass is 10.1. The number of nitrogens with one attached hydrogen (secondary N) is 1. The minimum atomic E-state index is -3.22. The summed E-state index contributed by atoms with van der Waals surface area (Å²) in [4.78, 5) is 16.7. The van der Waals surface area contributed by atoms with Gasteiger partial charge in [-0.25, -0.2) is 13.2 Å². The average molecular weight is 353 g/mol. The third kappa shape index (κ3) is 5.21. The Morgan fingerprint density at radius 2 is 2.00 bits per heavy atom. The molecule has 1 aliphatic heterocycles. The molecular formula is C17H27N3O3S. The summed E-state index contributed by atoms with van der Waals surface area (Å²) in [6.45, 7) is 5.79. The zero-order chi connectivity index (χ0) is 17.7. The maximum atomic E-state index is 12.3. The highest BCUT2D eigenvalue weighted by Crippen LogP contribution is 2.19. The molecule has 134 valence electrons. The summed E-state index contributed by atoms with van der Waals surface area (Å²) in [5.74, 6) is 0.514. The monoisotopic (exact) mass is 353 g/mol. The normalized spacial score (nSPS) is 18.2. The quantitative estimate of drug-likeness (QED) is 0.852. The fourth-order valence-corrected chi connectivity index (χ4v) is 3.70. The van der Waals surface area contributed by atoms with Gasteiger partial charge < -0.3 is 15.1 Å². The maximum absolute atomic E-state index is 12.3. The van der Waals surface area contributed by atoms with Crippen molar-refractivity contribution >= 4 is 21.6 Å². The molecule has 1 atom stereocenters. The first-order valence-electron chi connectivity index (χ1n) is 8.34. The minimum absolute atomic E-state index is 0.122. The van der Waals surface area contributed by atoms with Crippen molar-refractivity contribution in [1.29, 1.82) is 0 Å². The molecule has 1 N–H and O–H groups in total. The van der Waals surface area contributed by atoms with Crippen LogP contribution in [0.1, 0.15) is 19.8 Å². The van der Waals surface area contributed by atoms with Crippen molar-refractivity contribution in [3.63, 3.8) is 0 Å². The summed E-state index contributed by atoms with van der Waals surface area (Å²) in [7, 11) is -1.09. The van der Waals surface area contributed by atoms with E-state index in [1.54, 1.807) is 12.1 Å². The topological polar surface area (TPSA) is 69.7 Å². The summed E-state index contributed by atoms with van der Waals surface area (Å²) >= 11 is 0. The first-order chi connectivity index (χ1) is 11.3. The highest BCUT2D eigenvalue weighted by atomic mass is 32.2. The number of hydrogen-bond acceptors (Lipinski definition) is 4. The summed E-state index contributed by atoms with van der Waals surface area (Å²) in [6.07, 6.45) is 3.33. The molecule has 0 radical (unpaired) electrons. The number of hydrogen-bond donors (Lipinski definition) is 1. The number of carbonyl (C=O) groups is 1. The number of sulfone groups is 1. The minimum Gasteiger partial charge on any atom is -0.324 e. The van der Waals surface area contributed by atoms with E-state index in [0.29, 0.717) is 11.6 Å². The number of likely N-dealkylation sites (tertiary alicyclic amines) is 1. The van der Waals surface area contributed by atoms with Gasteiger partial charge in [0.25, 0.3) is 0 Å². The van der Waals surface area contributed by atoms with E-state index in [2.05, 4.69) is 24.2 Å². The molecule has 0 bridgehead atoms. The molecule has 7 heteroatoms. The molecule has 0 aliphatic carbocycles. The molecule has 0 spiro atoms. The molecule has 1 aromatic carbocycles. The molecular weight excluding hydrogens is 326 g/mol. The molecule has 1 heterocycles. The lowest BCUT2D eigenvalue weighted by Crippen LogP contribution is -2.34. The van der Waals surface area contributed by atoms with Gasteiger partial charge in [0.15, 0.2) is 9.84 Å². The number of urea groups is 1. The largest absolute Gasteiger partial charge is 0.324 e. The number of carbonyl (C=O) groups excluding carboxylic acids is 1. The number of amides is 2. The van der Waals surface area contributed by atoms with E-state index in [1.165, 1.54) is 18.4 Å². The smallest absolute Gasteiger partial charge is 0.321 e. The van der Waals surface area contributed by atoms with Gasteiger partial charge in [-0.1, -0.05) is 6.92 Å². The summed E-state index contributed by atoms with van der Waals surface area (Å²) < 4.78 is 22.9. The number of rotatable bonds is 6. The van der Waals surface area contributed by atoms with E-state index >= 15 is 0 Å².